The van der Waals surface area contributed by atoms with Crippen LogP contribution in [0.25, 0.3) is 0 Å². The van der Waals surface area contributed by atoms with Gasteiger partial charge in [0.2, 0.25) is 0 Å². The van der Waals surface area contributed by atoms with Crippen molar-refractivity contribution in [3.63, 3.8) is 0 Å². The fraction of sp³-hybridized carbons (Fsp3) is 0.917. The third kappa shape index (κ3) is 9.55. The van der Waals surface area contributed by atoms with Gasteiger partial charge in [0.15, 0.2) is 0 Å². The van der Waals surface area contributed by atoms with E-state index in [1.54, 1.807) is 0 Å². The lowest BCUT2D eigenvalue weighted by atomic mass is 10.0. The number of carbonyl (C=O) groups excluding carboxylic acids is 1. The third-order valence-corrected chi connectivity index (χ3v) is 5.76. The van der Waals surface area contributed by atoms with Gasteiger partial charge in [-0.25, -0.2) is 0 Å². The maximum absolute atomic E-state index is 11.2. The molecular formula is C12H24O2S2. The molecule has 0 amide bonds. The van der Waals surface area contributed by atoms with Gasteiger partial charge < -0.3 is 5.11 Å². The Balaban J connectivity index is 3.57. The van der Waals surface area contributed by atoms with Crippen LogP contribution in [0.15, 0.2) is 0 Å². The molecule has 0 aliphatic rings. The number of Topliss-reactive ketones (excluding diaryl/α,β-unsaturated/α-hetero) is 1. The highest BCUT2D eigenvalue weighted by Crippen LogP contribution is 2.39. The molecule has 0 heterocycles. The third-order valence-electron chi connectivity index (χ3n) is 2.32. The average Bonchev–Trinajstić information content (AvgIpc) is 2.25. The molecule has 0 aliphatic heterocycles. The first-order valence-electron chi connectivity index (χ1n) is 5.95. The summed E-state index contributed by atoms with van der Waals surface area (Å²) in [6.07, 6.45) is 4.27. The first kappa shape index (κ1) is 16.3. The van der Waals surface area contributed by atoms with Crippen LogP contribution in [0.5, 0.6) is 0 Å². The molecule has 0 radical (unpaired) electrons. The van der Waals surface area contributed by atoms with Crippen molar-refractivity contribution in [2.75, 3.05) is 12.4 Å². The fourth-order valence-corrected chi connectivity index (χ4v) is 3.85. The summed E-state index contributed by atoms with van der Waals surface area (Å²) in [7, 11) is 3.72. The molecule has 0 atom stereocenters. The predicted molar refractivity (Wildman–Crippen MR) is 75.0 cm³/mol. The van der Waals surface area contributed by atoms with Gasteiger partial charge in [-0.1, -0.05) is 28.5 Å². The molecular weight excluding hydrogens is 240 g/mol. The van der Waals surface area contributed by atoms with E-state index >= 15 is 0 Å². The van der Waals surface area contributed by atoms with Crippen molar-refractivity contribution in [2.45, 2.75) is 57.6 Å². The van der Waals surface area contributed by atoms with Gasteiger partial charge in [-0.05, 0) is 33.1 Å². The van der Waals surface area contributed by atoms with Gasteiger partial charge in [-0.3, -0.25) is 4.79 Å². The van der Waals surface area contributed by atoms with E-state index in [1.165, 1.54) is 0 Å². The minimum Gasteiger partial charge on any atom is -0.396 e. The first-order chi connectivity index (χ1) is 7.52. The molecule has 0 saturated heterocycles. The van der Waals surface area contributed by atoms with Gasteiger partial charge >= 0.3 is 0 Å². The van der Waals surface area contributed by atoms with Crippen LogP contribution in [-0.2, 0) is 4.79 Å². The van der Waals surface area contributed by atoms with Crippen molar-refractivity contribution in [2.24, 2.45) is 0 Å². The topological polar surface area (TPSA) is 37.3 Å². The summed E-state index contributed by atoms with van der Waals surface area (Å²) in [5, 5.41) is 8.64. The van der Waals surface area contributed by atoms with E-state index in [-0.39, 0.29) is 4.75 Å². The number of rotatable bonds is 10. The van der Waals surface area contributed by atoms with Crippen LogP contribution in [0.4, 0.5) is 0 Å². The van der Waals surface area contributed by atoms with Crippen molar-refractivity contribution < 1.29 is 9.90 Å². The zero-order valence-electron chi connectivity index (χ0n) is 10.6. The molecule has 0 bridgehead atoms. The highest BCUT2D eigenvalue weighted by atomic mass is 33.1. The zero-order valence-corrected chi connectivity index (χ0v) is 12.3. The SMILES string of the molecule is CCC(=O)CCC(C)(C)SSCCCCO. The lowest BCUT2D eigenvalue weighted by Gasteiger charge is -2.22. The van der Waals surface area contributed by atoms with Crippen LogP contribution in [0, 0.1) is 0 Å². The summed E-state index contributed by atoms with van der Waals surface area (Å²) in [5.74, 6) is 1.44. The number of aliphatic hydroxyl groups is 1. The lowest BCUT2D eigenvalue weighted by molar-refractivity contribution is -0.118. The number of carbonyl (C=O) groups is 1. The molecule has 0 aliphatic carbocycles. The normalized spacial score (nSPS) is 11.8. The second kappa shape index (κ2) is 9.37. The van der Waals surface area contributed by atoms with E-state index in [0.717, 1.165) is 25.0 Å². The molecule has 0 aromatic carbocycles. The standard InChI is InChI=1S/C12H24O2S2/c1-4-11(14)7-8-12(2,3)16-15-10-6-5-9-13/h13H,4-10H2,1-3H3. The largest absolute Gasteiger partial charge is 0.396 e. The Morgan fingerprint density at radius 3 is 2.56 bits per heavy atom. The van der Waals surface area contributed by atoms with Gasteiger partial charge in [0.1, 0.15) is 5.78 Å². The number of hydrogen-bond donors (Lipinski definition) is 1. The number of aliphatic hydroxyl groups excluding tert-OH is 1. The van der Waals surface area contributed by atoms with E-state index in [1.807, 2.05) is 28.5 Å². The Morgan fingerprint density at radius 2 is 2.00 bits per heavy atom. The Morgan fingerprint density at radius 1 is 1.31 bits per heavy atom. The molecule has 0 aromatic heterocycles. The summed E-state index contributed by atoms with van der Waals surface area (Å²) in [6.45, 7) is 6.60. The Kier molecular flexibility index (Phi) is 9.56. The van der Waals surface area contributed by atoms with Crippen LogP contribution < -0.4 is 0 Å². The van der Waals surface area contributed by atoms with Gasteiger partial charge in [0, 0.05) is 29.9 Å². The summed E-state index contributed by atoms with van der Waals surface area (Å²) in [6, 6.07) is 0. The maximum Gasteiger partial charge on any atom is 0.132 e. The van der Waals surface area contributed by atoms with Crippen LogP contribution >= 0.6 is 21.6 Å². The van der Waals surface area contributed by atoms with E-state index in [2.05, 4.69) is 13.8 Å². The van der Waals surface area contributed by atoms with E-state index < -0.39 is 0 Å². The molecule has 0 aromatic rings. The van der Waals surface area contributed by atoms with Crippen molar-refractivity contribution in [1.29, 1.82) is 0 Å². The number of unbranched alkanes of at least 4 members (excludes halogenated alkanes) is 1. The van der Waals surface area contributed by atoms with Crippen molar-refractivity contribution in [3.8, 4) is 0 Å². The van der Waals surface area contributed by atoms with Gasteiger partial charge in [0.05, 0.1) is 0 Å². The minimum atomic E-state index is 0.175. The van der Waals surface area contributed by atoms with Crippen LogP contribution in [0.2, 0.25) is 0 Å². The van der Waals surface area contributed by atoms with E-state index in [4.69, 9.17) is 5.11 Å². The van der Waals surface area contributed by atoms with Crippen molar-refractivity contribution >= 4 is 27.4 Å². The predicted octanol–water partition coefficient (Wildman–Crippen LogP) is 3.68. The molecule has 0 rings (SSSR count). The van der Waals surface area contributed by atoms with Gasteiger partial charge in [0.25, 0.3) is 0 Å². The van der Waals surface area contributed by atoms with Crippen LogP contribution in [-0.4, -0.2) is 28.0 Å². The summed E-state index contributed by atoms with van der Waals surface area (Å²) < 4.78 is 0.175. The van der Waals surface area contributed by atoms with E-state index in [9.17, 15) is 4.79 Å². The molecule has 0 saturated carbocycles. The molecule has 0 fully saturated rings. The second-order valence-corrected chi connectivity index (χ2v) is 7.61. The Bertz CT molecular complexity index is 193. The molecule has 4 heteroatoms. The molecule has 1 N–H and O–H groups in total. The van der Waals surface area contributed by atoms with Gasteiger partial charge in [-0.2, -0.15) is 0 Å². The maximum atomic E-state index is 11.2. The molecule has 0 unspecified atom stereocenters. The van der Waals surface area contributed by atoms with E-state index in [0.29, 0.717) is 25.2 Å². The van der Waals surface area contributed by atoms with Crippen LogP contribution in [0.1, 0.15) is 52.9 Å². The average molecular weight is 264 g/mol. The van der Waals surface area contributed by atoms with Gasteiger partial charge in [-0.15, -0.1) is 0 Å². The Labute approximate surface area is 107 Å². The second-order valence-electron chi connectivity index (χ2n) is 4.49. The summed E-state index contributed by atoms with van der Waals surface area (Å²) >= 11 is 0. The van der Waals surface area contributed by atoms with Crippen LogP contribution in [0.3, 0.4) is 0 Å². The number of hydrogen-bond acceptors (Lipinski definition) is 4. The molecule has 96 valence electrons. The lowest BCUT2D eigenvalue weighted by Crippen LogP contribution is -2.15. The Hall–Kier alpha value is 0.330. The summed E-state index contributed by atoms with van der Waals surface area (Å²) in [5.41, 5.74) is 0. The molecule has 2 nitrogen and oxygen atoms in total. The first-order valence-corrected chi connectivity index (χ1v) is 8.27. The van der Waals surface area contributed by atoms with Crippen molar-refractivity contribution in [1.82, 2.24) is 0 Å². The van der Waals surface area contributed by atoms with Crippen molar-refractivity contribution in [3.05, 3.63) is 0 Å². The summed E-state index contributed by atoms with van der Waals surface area (Å²) in [4.78, 5) is 11.2. The highest BCUT2D eigenvalue weighted by molar-refractivity contribution is 8.77. The quantitative estimate of drug-likeness (QED) is 0.482. The number of ketones is 1. The minimum absolute atomic E-state index is 0.175. The molecule has 16 heavy (non-hydrogen) atoms. The molecule has 0 spiro atoms. The highest BCUT2D eigenvalue weighted by Gasteiger charge is 2.19. The fourth-order valence-electron chi connectivity index (χ4n) is 1.13. The smallest absolute Gasteiger partial charge is 0.132 e. The zero-order chi connectivity index (χ0) is 12.4. The monoisotopic (exact) mass is 264 g/mol.